The van der Waals surface area contributed by atoms with Crippen LogP contribution < -0.4 is 5.32 Å². The maximum Gasteiger partial charge on any atom is 0.240 e. The summed E-state index contributed by atoms with van der Waals surface area (Å²) in [5, 5.41) is 3.38. The van der Waals surface area contributed by atoms with Crippen LogP contribution in [0.5, 0.6) is 0 Å². The van der Waals surface area contributed by atoms with Crippen molar-refractivity contribution in [2.45, 2.75) is 66.7 Å². The molecule has 0 aliphatic carbocycles. The summed E-state index contributed by atoms with van der Waals surface area (Å²) in [6, 6.07) is 0.210. The van der Waals surface area contributed by atoms with E-state index in [2.05, 4.69) is 46.9 Å². The molecule has 3 atom stereocenters. The number of hydrogen-bond donors (Lipinski definition) is 1. The molecule has 0 radical (unpaired) electrons. The van der Waals surface area contributed by atoms with E-state index in [1.165, 1.54) is 0 Å². The molecule has 1 aliphatic heterocycles. The lowest BCUT2D eigenvalue weighted by Gasteiger charge is -2.39. The van der Waals surface area contributed by atoms with Gasteiger partial charge in [0.1, 0.15) is 0 Å². The first-order valence-corrected chi connectivity index (χ1v) is 6.24. The lowest BCUT2D eigenvalue weighted by atomic mass is 9.86. The Morgan fingerprint density at radius 1 is 1.25 bits per heavy atom. The predicted molar refractivity (Wildman–Crippen MR) is 67.0 cm³/mol. The average molecular weight is 226 g/mol. The number of nitrogens with zero attached hydrogens (tertiary/aromatic N) is 1. The highest BCUT2D eigenvalue weighted by Crippen LogP contribution is 2.30. The number of amides is 1. The van der Waals surface area contributed by atoms with Crippen molar-refractivity contribution in [2.75, 3.05) is 0 Å². The third kappa shape index (κ3) is 2.40. The fourth-order valence-corrected chi connectivity index (χ4v) is 2.13. The van der Waals surface area contributed by atoms with E-state index < -0.39 is 0 Å². The molecule has 0 aromatic carbocycles. The zero-order valence-corrected chi connectivity index (χ0v) is 11.7. The second kappa shape index (κ2) is 4.36. The van der Waals surface area contributed by atoms with Crippen LogP contribution in [0.3, 0.4) is 0 Å². The third-order valence-corrected chi connectivity index (χ3v) is 3.65. The monoisotopic (exact) mass is 226 g/mol. The quantitative estimate of drug-likeness (QED) is 0.783. The summed E-state index contributed by atoms with van der Waals surface area (Å²) >= 11 is 0. The van der Waals surface area contributed by atoms with Crippen LogP contribution in [0.4, 0.5) is 0 Å². The van der Waals surface area contributed by atoms with Gasteiger partial charge < -0.3 is 4.90 Å². The molecule has 94 valence electrons. The molecule has 3 unspecified atom stereocenters. The lowest BCUT2D eigenvalue weighted by molar-refractivity contribution is -0.134. The van der Waals surface area contributed by atoms with Crippen molar-refractivity contribution in [3.63, 3.8) is 0 Å². The molecular weight excluding hydrogens is 200 g/mol. The number of carbonyl (C=O) groups is 1. The maximum atomic E-state index is 12.2. The zero-order valence-electron chi connectivity index (χ0n) is 11.7. The molecule has 1 saturated heterocycles. The highest BCUT2D eigenvalue weighted by molar-refractivity contribution is 5.84. The van der Waals surface area contributed by atoms with Gasteiger partial charge in [-0.15, -0.1) is 0 Å². The molecule has 0 aromatic heterocycles. The second-order valence-electron chi connectivity index (χ2n) is 6.36. The van der Waals surface area contributed by atoms with Gasteiger partial charge >= 0.3 is 0 Å². The number of rotatable bonds is 2. The average Bonchev–Trinajstić information content (AvgIpc) is 2.41. The van der Waals surface area contributed by atoms with E-state index in [-0.39, 0.29) is 29.6 Å². The van der Waals surface area contributed by atoms with Gasteiger partial charge in [-0.2, -0.15) is 0 Å². The molecule has 0 spiro atoms. The van der Waals surface area contributed by atoms with Gasteiger partial charge in [0, 0.05) is 6.04 Å². The summed E-state index contributed by atoms with van der Waals surface area (Å²) in [5.74, 6) is 0.680. The van der Waals surface area contributed by atoms with Crippen molar-refractivity contribution < 1.29 is 4.79 Å². The van der Waals surface area contributed by atoms with E-state index >= 15 is 0 Å². The largest absolute Gasteiger partial charge is 0.322 e. The standard InChI is InChI=1S/C13H26N2O/c1-8(2)11-14-9(3)12(16)15(11)10(4)13(5,6)7/h8-11,14H,1-7H3. The van der Waals surface area contributed by atoms with Crippen molar-refractivity contribution in [3.8, 4) is 0 Å². The summed E-state index contributed by atoms with van der Waals surface area (Å²) in [5.41, 5.74) is 0.120. The van der Waals surface area contributed by atoms with E-state index in [1.54, 1.807) is 0 Å². The van der Waals surface area contributed by atoms with E-state index in [0.29, 0.717) is 5.92 Å². The first-order valence-electron chi connectivity index (χ1n) is 6.24. The summed E-state index contributed by atoms with van der Waals surface area (Å²) in [4.78, 5) is 14.2. The predicted octanol–water partition coefficient (Wildman–Crippen LogP) is 2.22. The highest BCUT2D eigenvalue weighted by atomic mass is 16.2. The van der Waals surface area contributed by atoms with Crippen LogP contribution >= 0.6 is 0 Å². The fourth-order valence-electron chi connectivity index (χ4n) is 2.13. The minimum absolute atomic E-state index is 0.0443. The van der Waals surface area contributed by atoms with Gasteiger partial charge in [0.15, 0.2) is 0 Å². The van der Waals surface area contributed by atoms with Gasteiger partial charge in [0.05, 0.1) is 12.2 Å². The van der Waals surface area contributed by atoms with Crippen LogP contribution in [0.2, 0.25) is 0 Å². The molecule has 0 aromatic rings. The number of nitrogens with one attached hydrogen (secondary N) is 1. The highest BCUT2D eigenvalue weighted by Gasteiger charge is 2.43. The van der Waals surface area contributed by atoms with E-state index in [4.69, 9.17) is 0 Å². The smallest absolute Gasteiger partial charge is 0.240 e. The summed E-state index contributed by atoms with van der Waals surface area (Å²) < 4.78 is 0. The molecule has 1 heterocycles. The second-order valence-corrected chi connectivity index (χ2v) is 6.36. The molecule has 0 bridgehead atoms. The Kier molecular flexibility index (Phi) is 3.68. The number of carbonyl (C=O) groups excluding carboxylic acids is 1. The molecule has 1 aliphatic rings. The van der Waals surface area contributed by atoms with E-state index in [0.717, 1.165) is 0 Å². The third-order valence-electron chi connectivity index (χ3n) is 3.65. The Morgan fingerprint density at radius 2 is 1.75 bits per heavy atom. The molecule has 1 amide bonds. The van der Waals surface area contributed by atoms with Crippen LogP contribution in [0.15, 0.2) is 0 Å². The molecule has 3 nitrogen and oxygen atoms in total. The summed E-state index contributed by atoms with van der Waals surface area (Å²) in [6.07, 6.45) is 0.178. The van der Waals surface area contributed by atoms with E-state index in [9.17, 15) is 4.79 Å². The van der Waals surface area contributed by atoms with Gasteiger partial charge in [-0.1, -0.05) is 34.6 Å². The molecule has 1 rings (SSSR count). The summed E-state index contributed by atoms with van der Waals surface area (Å²) in [6.45, 7) is 15.0. The van der Waals surface area contributed by atoms with Gasteiger partial charge in [0.2, 0.25) is 5.91 Å². The summed E-state index contributed by atoms with van der Waals surface area (Å²) in [7, 11) is 0. The van der Waals surface area contributed by atoms with E-state index in [1.807, 2.05) is 11.8 Å². The molecule has 3 heteroatoms. The van der Waals surface area contributed by atoms with Gasteiger partial charge in [-0.3, -0.25) is 10.1 Å². The Morgan fingerprint density at radius 3 is 2.12 bits per heavy atom. The first-order chi connectivity index (χ1) is 7.16. The SMILES string of the molecule is CC1NC(C(C)C)N(C(C)C(C)(C)C)C1=O. The van der Waals surface area contributed by atoms with Crippen molar-refractivity contribution in [1.82, 2.24) is 10.2 Å². The molecule has 16 heavy (non-hydrogen) atoms. The Bertz CT molecular complexity index is 266. The maximum absolute atomic E-state index is 12.2. The zero-order chi connectivity index (χ0) is 12.7. The Hall–Kier alpha value is -0.570. The van der Waals surface area contributed by atoms with Crippen LogP contribution in [0.1, 0.15) is 48.5 Å². The van der Waals surface area contributed by atoms with Gasteiger partial charge in [0.25, 0.3) is 0 Å². The molecule has 1 fully saturated rings. The van der Waals surface area contributed by atoms with Crippen LogP contribution in [0, 0.1) is 11.3 Å². The van der Waals surface area contributed by atoms with Crippen molar-refractivity contribution in [1.29, 1.82) is 0 Å². The topological polar surface area (TPSA) is 32.3 Å². The van der Waals surface area contributed by atoms with Crippen molar-refractivity contribution in [2.24, 2.45) is 11.3 Å². The van der Waals surface area contributed by atoms with Gasteiger partial charge in [-0.25, -0.2) is 0 Å². The normalized spacial score (nSPS) is 29.0. The van der Waals surface area contributed by atoms with Crippen molar-refractivity contribution >= 4 is 5.91 Å². The van der Waals surface area contributed by atoms with Crippen molar-refractivity contribution in [3.05, 3.63) is 0 Å². The molecule has 1 N–H and O–H groups in total. The Balaban J connectivity index is 2.94. The Labute approximate surface area is 99.6 Å². The minimum atomic E-state index is -0.0443. The number of hydrogen-bond acceptors (Lipinski definition) is 2. The molecular formula is C13H26N2O. The van der Waals surface area contributed by atoms with Crippen LogP contribution in [-0.2, 0) is 4.79 Å². The van der Waals surface area contributed by atoms with Gasteiger partial charge in [-0.05, 0) is 25.2 Å². The van der Waals surface area contributed by atoms with Crippen LogP contribution in [-0.4, -0.2) is 29.1 Å². The fraction of sp³-hybridized carbons (Fsp3) is 0.923. The molecule has 0 saturated carbocycles. The van der Waals surface area contributed by atoms with Crippen LogP contribution in [0.25, 0.3) is 0 Å². The lowest BCUT2D eigenvalue weighted by Crippen LogP contribution is -2.50. The minimum Gasteiger partial charge on any atom is -0.322 e. The first kappa shape index (κ1) is 13.5.